The normalized spacial score (nSPS) is 30.4. The van der Waals surface area contributed by atoms with Crippen LogP contribution in [0, 0.1) is 11.8 Å². The summed E-state index contributed by atoms with van der Waals surface area (Å²) in [6.45, 7) is 4.84. The van der Waals surface area contributed by atoms with Crippen molar-refractivity contribution in [2.75, 3.05) is 0 Å². The zero-order valence-corrected chi connectivity index (χ0v) is 26.4. The number of nitrogens with one attached hydrogen (secondary N) is 3. The second-order valence-electron chi connectivity index (χ2n) is 13.2. The van der Waals surface area contributed by atoms with E-state index in [4.69, 9.17) is 0 Å². The van der Waals surface area contributed by atoms with Gasteiger partial charge in [0.25, 0.3) is 0 Å². The molecule has 0 aromatic heterocycles. The summed E-state index contributed by atoms with van der Waals surface area (Å²) in [4.78, 5) is 2.93. The Hall–Kier alpha value is -3.41. The van der Waals surface area contributed by atoms with Gasteiger partial charge in [0.15, 0.2) is 0 Å². The van der Waals surface area contributed by atoms with Crippen LogP contribution >= 0.6 is 11.8 Å². The fraction of sp³-hybridized carbons (Fsp3) is 0.300. The predicted octanol–water partition coefficient (Wildman–Crippen LogP) is 8.68. The van der Waals surface area contributed by atoms with Crippen LogP contribution in [0.25, 0.3) is 0 Å². The van der Waals surface area contributed by atoms with Gasteiger partial charge in [-0.1, -0.05) is 135 Å². The molecule has 5 atom stereocenters. The summed E-state index contributed by atoms with van der Waals surface area (Å²) >= 11 is 1.99. The van der Waals surface area contributed by atoms with Gasteiger partial charge in [0.1, 0.15) is 0 Å². The van der Waals surface area contributed by atoms with E-state index in [0.717, 1.165) is 25.7 Å². The van der Waals surface area contributed by atoms with Gasteiger partial charge in [0.2, 0.25) is 0 Å². The van der Waals surface area contributed by atoms with Crippen LogP contribution in [0.15, 0.2) is 153 Å². The Morgan fingerprint density at radius 1 is 0.727 bits per heavy atom. The molecule has 2 heterocycles. The third-order valence-electron chi connectivity index (χ3n) is 10.2. The van der Waals surface area contributed by atoms with Gasteiger partial charge in [0, 0.05) is 22.1 Å². The van der Waals surface area contributed by atoms with Crippen molar-refractivity contribution in [1.29, 1.82) is 0 Å². The molecule has 3 nitrogen and oxygen atoms in total. The summed E-state index contributed by atoms with van der Waals surface area (Å²) in [5.41, 5.74) is 9.76. The highest BCUT2D eigenvalue weighted by Crippen LogP contribution is 2.54. The van der Waals surface area contributed by atoms with Crippen LogP contribution in [0.3, 0.4) is 0 Å². The van der Waals surface area contributed by atoms with E-state index in [1.807, 2.05) is 11.8 Å². The number of hydrogen-bond acceptors (Lipinski definition) is 4. The minimum Gasteiger partial charge on any atom is -0.279 e. The smallest absolute Gasteiger partial charge is 0.0864 e. The van der Waals surface area contributed by atoms with Crippen molar-refractivity contribution < 1.29 is 0 Å². The van der Waals surface area contributed by atoms with Crippen LogP contribution in [0.2, 0.25) is 0 Å². The molecule has 5 unspecified atom stereocenters. The topological polar surface area (TPSA) is 36.1 Å². The molecule has 0 bridgehead atoms. The van der Waals surface area contributed by atoms with E-state index in [-0.39, 0.29) is 23.9 Å². The van der Waals surface area contributed by atoms with Crippen LogP contribution in [-0.4, -0.2) is 12.3 Å². The number of fused-ring (bicyclic) bond motifs is 2. The summed E-state index contributed by atoms with van der Waals surface area (Å²) in [5.74, 6) is 0.648. The molecule has 6 aliphatic rings. The maximum atomic E-state index is 4.10. The lowest BCUT2D eigenvalue weighted by Crippen LogP contribution is -2.65. The highest BCUT2D eigenvalue weighted by atomic mass is 32.2. The average molecular weight is 596 g/mol. The van der Waals surface area contributed by atoms with Gasteiger partial charge in [-0.2, -0.15) is 0 Å². The number of thioether (sulfide) groups is 1. The molecule has 1 saturated heterocycles. The summed E-state index contributed by atoms with van der Waals surface area (Å²) in [7, 11) is 0. The van der Waals surface area contributed by atoms with E-state index in [0.29, 0.717) is 11.8 Å². The van der Waals surface area contributed by atoms with Gasteiger partial charge in [-0.05, 0) is 75.6 Å². The zero-order chi connectivity index (χ0) is 29.7. The van der Waals surface area contributed by atoms with Gasteiger partial charge in [-0.15, -0.1) is 0 Å². The number of rotatable bonds is 4. The first kappa shape index (κ1) is 28.1. The molecule has 4 aliphatic carbocycles. The van der Waals surface area contributed by atoms with Gasteiger partial charge < -0.3 is 0 Å². The second kappa shape index (κ2) is 11.5. The van der Waals surface area contributed by atoms with Gasteiger partial charge in [-0.3, -0.25) is 16.0 Å². The summed E-state index contributed by atoms with van der Waals surface area (Å²) < 4.78 is 0. The summed E-state index contributed by atoms with van der Waals surface area (Å²) in [6, 6.07) is 19.9. The van der Waals surface area contributed by atoms with Crippen LogP contribution in [0.4, 0.5) is 0 Å². The molecular formula is C40H41N3S. The maximum Gasteiger partial charge on any atom is 0.0864 e. The molecule has 2 aromatic rings. The first-order chi connectivity index (χ1) is 21.6. The van der Waals surface area contributed by atoms with Crippen molar-refractivity contribution in [3.05, 3.63) is 159 Å². The molecule has 2 aromatic carbocycles. The van der Waals surface area contributed by atoms with Crippen molar-refractivity contribution in [1.82, 2.24) is 16.0 Å². The molecule has 1 fully saturated rings. The molecule has 0 amide bonds. The number of hydrogen-bond donors (Lipinski definition) is 3. The lowest BCUT2D eigenvalue weighted by Gasteiger charge is -2.47. The predicted molar refractivity (Wildman–Crippen MR) is 184 cm³/mol. The van der Waals surface area contributed by atoms with E-state index < -0.39 is 0 Å². The van der Waals surface area contributed by atoms with Crippen molar-refractivity contribution in [3.63, 3.8) is 0 Å². The third-order valence-corrected chi connectivity index (χ3v) is 11.4. The SMILES string of the molecule is CC1(C)C2=C(CCC=C2C2NC(C3=CC=C(C4=CCCC=C4)C4C=CC=CC34)NC(c3ccccc3)N2)Sc2ccccc21. The minimum absolute atomic E-state index is 0.0127. The van der Waals surface area contributed by atoms with Crippen molar-refractivity contribution in [2.24, 2.45) is 11.8 Å². The maximum absolute atomic E-state index is 4.10. The minimum atomic E-state index is -0.0691. The molecular weight excluding hydrogens is 555 g/mol. The zero-order valence-electron chi connectivity index (χ0n) is 25.6. The quantitative estimate of drug-likeness (QED) is 0.331. The van der Waals surface area contributed by atoms with E-state index in [2.05, 4.69) is 145 Å². The largest absolute Gasteiger partial charge is 0.279 e. The van der Waals surface area contributed by atoms with Crippen LogP contribution in [0.5, 0.6) is 0 Å². The molecule has 3 N–H and O–H groups in total. The second-order valence-corrected chi connectivity index (χ2v) is 14.3. The van der Waals surface area contributed by atoms with Crippen molar-refractivity contribution in [3.8, 4) is 0 Å². The summed E-state index contributed by atoms with van der Waals surface area (Å²) in [6.07, 6.45) is 28.1. The summed E-state index contributed by atoms with van der Waals surface area (Å²) in [5, 5.41) is 12.1. The van der Waals surface area contributed by atoms with E-state index in [1.165, 1.54) is 48.8 Å². The standard InChI is InChI=1S/C40H41N3S/c1-40(2)33-21-11-12-22-34(33)44-35-23-13-20-32(36(35)40)39-42-37(27-16-7-4-8-17-27)41-38(43-39)31-25-24-28(26-14-5-3-6-15-26)29-18-9-10-19-30(29)31/h4-5,7-12,14-22,24-25,29-30,37-39,41-43H,3,6,13,23H2,1-2H3. The molecule has 44 heavy (non-hydrogen) atoms. The molecule has 222 valence electrons. The molecule has 0 spiro atoms. The lowest BCUT2D eigenvalue weighted by atomic mass is 9.70. The van der Waals surface area contributed by atoms with Crippen molar-refractivity contribution >= 4 is 11.8 Å². The highest BCUT2D eigenvalue weighted by Gasteiger charge is 2.43. The van der Waals surface area contributed by atoms with Crippen LogP contribution in [0.1, 0.15) is 56.8 Å². The van der Waals surface area contributed by atoms with Crippen LogP contribution < -0.4 is 16.0 Å². The van der Waals surface area contributed by atoms with Crippen molar-refractivity contribution in [2.45, 2.75) is 68.3 Å². The third kappa shape index (κ3) is 4.89. The Morgan fingerprint density at radius 3 is 2.34 bits per heavy atom. The fourth-order valence-electron chi connectivity index (χ4n) is 8.05. The van der Waals surface area contributed by atoms with Crippen LogP contribution in [-0.2, 0) is 5.41 Å². The Balaban J connectivity index is 1.18. The molecule has 4 heteroatoms. The van der Waals surface area contributed by atoms with E-state index >= 15 is 0 Å². The average Bonchev–Trinajstić information content (AvgIpc) is 3.08. The van der Waals surface area contributed by atoms with Gasteiger partial charge >= 0.3 is 0 Å². The van der Waals surface area contributed by atoms with Gasteiger partial charge in [0.05, 0.1) is 18.5 Å². The monoisotopic (exact) mass is 595 g/mol. The van der Waals surface area contributed by atoms with E-state index in [1.54, 1.807) is 0 Å². The lowest BCUT2D eigenvalue weighted by molar-refractivity contribution is 0.231. The Kier molecular flexibility index (Phi) is 7.34. The number of allylic oxidation sites excluding steroid dienone is 13. The molecule has 2 aliphatic heterocycles. The Labute approximate surface area is 266 Å². The fourth-order valence-corrected chi connectivity index (χ4v) is 9.59. The molecule has 0 saturated carbocycles. The van der Waals surface area contributed by atoms with E-state index in [9.17, 15) is 0 Å². The highest BCUT2D eigenvalue weighted by molar-refractivity contribution is 8.03. The molecule has 0 radical (unpaired) electrons. The van der Waals surface area contributed by atoms with Gasteiger partial charge in [-0.25, -0.2) is 0 Å². The Morgan fingerprint density at radius 2 is 1.50 bits per heavy atom. The first-order valence-electron chi connectivity index (χ1n) is 16.3. The number of benzene rings is 2. The Bertz CT molecular complexity index is 1710. The first-order valence-corrected chi connectivity index (χ1v) is 17.1. The molecule has 8 rings (SSSR count).